The van der Waals surface area contributed by atoms with Crippen LogP contribution in [0.25, 0.3) is 4.85 Å². The summed E-state index contributed by atoms with van der Waals surface area (Å²) in [5.74, 6) is 0.600. The summed E-state index contributed by atoms with van der Waals surface area (Å²) in [7, 11) is 2.14. The summed E-state index contributed by atoms with van der Waals surface area (Å²) < 4.78 is 6.33. The van der Waals surface area contributed by atoms with Crippen molar-refractivity contribution >= 4 is 23.2 Å². The molecule has 1 fully saturated rings. The minimum absolute atomic E-state index is 0.0375. The fourth-order valence-corrected chi connectivity index (χ4v) is 5.99. The maximum Gasteiger partial charge on any atom is 0.251 e. The van der Waals surface area contributed by atoms with E-state index in [-0.39, 0.29) is 28.9 Å². The summed E-state index contributed by atoms with van der Waals surface area (Å²) in [6.07, 6.45) is 1.88. The highest BCUT2D eigenvalue weighted by molar-refractivity contribution is 6.33. The van der Waals surface area contributed by atoms with Crippen LogP contribution in [0.5, 0.6) is 5.75 Å². The molecule has 33 heavy (non-hydrogen) atoms. The molecule has 0 bridgehead atoms. The highest BCUT2D eigenvalue weighted by Crippen LogP contribution is 2.55. The summed E-state index contributed by atoms with van der Waals surface area (Å²) in [5.41, 5.74) is 3.19. The number of nitrogens with zero attached hydrogens (tertiary/aromatic N) is 2. The van der Waals surface area contributed by atoms with Gasteiger partial charge in [-0.2, -0.15) is 0 Å². The molecule has 6 heteroatoms. The highest BCUT2D eigenvalue weighted by atomic mass is 35.5. The van der Waals surface area contributed by atoms with Crippen molar-refractivity contribution in [3.05, 3.63) is 69.5 Å². The zero-order chi connectivity index (χ0) is 24.0. The largest absolute Gasteiger partial charge is 0.489 e. The van der Waals surface area contributed by atoms with Gasteiger partial charge in [0.15, 0.2) is 0 Å². The van der Waals surface area contributed by atoms with Gasteiger partial charge in [0.1, 0.15) is 11.9 Å². The Hall–Kier alpha value is -2.55. The molecular weight excluding hydrogens is 434 g/mol. The molecule has 174 valence electrons. The molecule has 1 aliphatic carbocycles. The number of ether oxygens (including phenoxy) is 1. The van der Waals surface area contributed by atoms with Gasteiger partial charge in [0, 0.05) is 35.5 Å². The van der Waals surface area contributed by atoms with Crippen molar-refractivity contribution in [3.8, 4) is 5.75 Å². The van der Waals surface area contributed by atoms with Crippen LogP contribution in [-0.4, -0.2) is 43.1 Å². The zero-order valence-corrected chi connectivity index (χ0v) is 20.8. The Morgan fingerprint density at radius 3 is 2.39 bits per heavy atom. The number of nitrogens with one attached hydrogen (secondary N) is 1. The topological polar surface area (TPSA) is 45.9 Å². The average Bonchev–Trinajstić information content (AvgIpc) is 2.96. The first-order valence-electron chi connectivity index (χ1n) is 11.5. The predicted molar refractivity (Wildman–Crippen MR) is 132 cm³/mol. The van der Waals surface area contributed by atoms with Crippen molar-refractivity contribution in [2.75, 3.05) is 20.1 Å². The van der Waals surface area contributed by atoms with E-state index >= 15 is 0 Å². The highest BCUT2D eigenvalue weighted by Gasteiger charge is 2.64. The maximum atomic E-state index is 13.2. The van der Waals surface area contributed by atoms with E-state index < -0.39 is 0 Å². The lowest BCUT2D eigenvalue weighted by molar-refractivity contribution is -0.164. The summed E-state index contributed by atoms with van der Waals surface area (Å²) >= 11 is 6.20. The van der Waals surface area contributed by atoms with E-state index in [4.69, 9.17) is 22.9 Å². The molecule has 1 N–H and O–H groups in total. The standard InChI is InChI=1S/C27H32ClN3O2/c1-26(2)24(27(3,4)25(26)33-20-9-10-22(29-5)21(28)16-20)30-23(32)19-8-7-17-11-13-31(6)14-12-18(17)15-19/h7-10,15-16,24-25H,11-14H2,1-4,6H3,(H,30,32). The van der Waals surface area contributed by atoms with E-state index in [1.54, 1.807) is 18.2 Å². The molecule has 0 aromatic heterocycles. The minimum atomic E-state index is -0.279. The Balaban J connectivity index is 1.48. The monoisotopic (exact) mass is 465 g/mol. The zero-order valence-electron chi connectivity index (χ0n) is 20.0. The lowest BCUT2D eigenvalue weighted by atomic mass is 9.49. The van der Waals surface area contributed by atoms with E-state index in [0.717, 1.165) is 31.5 Å². The minimum Gasteiger partial charge on any atom is -0.489 e. The van der Waals surface area contributed by atoms with E-state index in [1.165, 1.54) is 11.1 Å². The van der Waals surface area contributed by atoms with Crippen molar-refractivity contribution in [1.29, 1.82) is 0 Å². The molecule has 2 aromatic carbocycles. The molecule has 5 nitrogen and oxygen atoms in total. The number of carbonyl (C=O) groups excluding carboxylic acids is 1. The van der Waals surface area contributed by atoms with Crippen molar-refractivity contribution in [2.24, 2.45) is 10.8 Å². The molecule has 1 saturated carbocycles. The molecule has 0 saturated heterocycles. The van der Waals surface area contributed by atoms with Gasteiger partial charge >= 0.3 is 0 Å². The van der Waals surface area contributed by atoms with Crippen LogP contribution >= 0.6 is 11.6 Å². The van der Waals surface area contributed by atoms with Gasteiger partial charge in [-0.3, -0.25) is 4.79 Å². The van der Waals surface area contributed by atoms with Crippen LogP contribution in [0, 0.1) is 17.4 Å². The van der Waals surface area contributed by atoms with E-state index in [0.29, 0.717) is 16.5 Å². The number of hydrogen-bond donors (Lipinski definition) is 1. The summed E-state index contributed by atoms with van der Waals surface area (Å²) in [6.45, 7) is 17.7. The molecule has 0 atom stereocenters. The predicted octanol–water partition coefficient (Wildman–Crippen LogP) is 5.53. The number of rotatable bonds is 4. The van der Waals surface area contributed by atoms with Crippen molar-refractivity contribution in [2.45, 2.75) is 52.7 Å². The van der Waals surface area contributed by atoms with Crippen LogP contribution in [-0.2, 0) is 12.8 Å². The summed E-state index contributed by atoms with van der Waals surface area (Å²) in [4.78, 5) is 19.0. The molecule has 1 heterocycles. The number of fused-ring (bicyclic) bond motifs is 1. The fourth-order valence-electron chi connectivity index (χ4n) is 5.78. The summed E-state index contributed by atoms with van der Waals surface area (Å²) in [5, 5.41) is 3.68. The quantitative estimate of drug-likeness (QED) is 0.603. The maximum absolute atomic E-state index is 13.2. The molecule has 0 spiro atoms. The van der Waals surface area contributed by atoms with Crippen LogP contribution in [0.4, 0.5) is 5.69 Å². The number of halogens is 1. The Morgan fingerprint density at radius 2 is 1.76 bits per heavy atom. The van der Waals surface area contributed by atoms with Crippen LogP contribution in [0.1, 0.15) is 49.2 Å². The van der Waals surface area contributed by atoms with Crippen LogP contribution < -0.4 is 10.1 Å². The fraction of sp³-hybridized carbons (Fsp3) is 0.481. The molecule has 2 aromatic rings. The Morgan fingerprint density at radius 1 is 1.09 bits per heavy atom. The number of amides is 1. The molecule has 1 amide bonds. The van der Waals surface area contributed by atoms with E-state index in [1.807, 2.05) is 6.07 Å². The Bertz CT molecular complexity index is 1100. The third-order valence-corrected chi connectivity index (χ3v) is 7.71. The Kier molecular flexibility index (Phi) is 6.20. The SMILES string of the molecule is [C-]#[N+]c1ccc(OC2C(C)(C)C(NC(=O)c3ccc4c(c3)CCN(C)CC4)C2(C)C)cc1Cl. The lowest BCUT2D eigenvalue weighted by Crippen LogP contribution is -2.74. The smallest absolute Gasteiger partial charge is 0.251 e. The van der Waals surface area contributed by atoms with Gasteiger partial charge < -0.3 is 15.0 Å². The average molecular weight is 466 g/mol. The molecular formula is C27H32ClN3O2. The van der Waals surface area contributed by atoms with Gasteiger partial charge in [-0.15, -0.1) is 0 Å². The molecule has 4 rings (SSSR count). The molecule has 0 radical (unpaired) electrons. The van der Waals surface area contributed by atoms with Crippen LogP contribution in [0.3, 0.4) is 0 Å². The van der Waals surface area contributed by atoms with E-state index in [2.05, 4.69) is 61.9 Å². The van der Waals surface area contributed by atoms with E-state index in [9.17, 15) is 4.79 Å². The first-order valence-corrected chi connectivity index (χ1v) is 11.9. The van der Waals surface area contributed by atoms with Crippen molar-refractivity contribution in [1.82, 2.24) is 10.2 Å². The molecule has 0 unspecified atom stereocenters. The van der Waals surface area contributed by atoms with Gasteiger partial charge in [-0.05, 0) is 55.3 Å². The number of likely N-dealkylation sites (N-methyl/N-ethyl adjacent to an activating group) is 1. The second-order valence-electron chi connectivity index (χ2n) is 10.6. The van der Waals surface area contributed by atoms with Crippen molar-refractivity contribution in [3.63, 3.8) is 0 Å². The summed E-state index contributed by atoms with van der Waals surface area (Å²) in [6, 6.07) is 11.2. The third-order valence-electron chi connectivity index (χ3n) is 7.40. The first kappa shape index (κ1) is 23.6. The second kappa shape index (κ2) is 8.66. The lowest BCUT2D eigenvalue weighted by Gasteiger charge is -2.63. The third kappa shape index (κ3) is 4.35. The van der Waals surface area contributed by atoms with Crippen molar-refractivity contribution < 1.29 is 9.53 Å². The van der Waals surface area contributed by atoms with Gasteiger partial charge in [0.2, 0.25) is 5.69 Å². The normalized spacial score (nSPS) is 23.4. The van der Waals surface area contributed by atoms with Crippen LogP contribution in [0.15, 0.2) is 36.4 Å². The van der Waals surface area contributed by atoms with Gasteiger partial charge in [0.25, 0.3) is 5.91 Å². The number of hydrogen-bond acceptors (Lipinski definition) is 3. The first-order chi connectivity index (χ1) is 15.5. The van der Waals surface area contributed by atoms with Gasteiger partial charge in [0.05, 0.1) is 11.6 Å². The number of benzene rings is 2. The van der Waals surface area contributed by atoms with Gasteiger partial charge in [-0.25, -0.2) is 4.85 Å². The second-order valence-corrected chi connectivity index (χ2v) is 11.0. The molecule has 2 aliphatic rings. The Labute approximate surface area is 201 Å². The molecule has 1 aliphatic heterocycles. The van der Waals surface area contributed by atoms with Crippen LogP contribution in [0.2, 0.25) is 5.02 Å². The van der Waals surface area contributed by atoms with Gasteiger partial charge in [-0.1, -0.05) is 51.4 Å². The number of carbonyl (C=O) groups is 1.